The molecule has 0 N–H and O–H groups in total. The van der Waals surface area contributed by atoms with E-state index in [0.717, 1.165) is 27.3 Å². The Morgan fingerprint density at radius 3 is 2.41 bits per heavy atom. The van der Waals surface area contributed by atoms with Crippen LogP contribution in [0.4, 0.5) is 0 Å². The van der Waals surface area contributed by atoms with Crippen LogP contribution in [0, 0.1) is 0 Å². The Bertz CT molecular complexity index is 771. The molecule has 0 aliphatic heterocycles. The summed E-state index contributed by atoms with van der Waals surface area (Å²) < 4.78 is 12.7. The van der Waals surface area contributed by atoms with Crippen LogP contribution < -0.4 is 9.47 Å². The minimum atomic E-state index is -0.0956. The maximum Gasteiger partial charge on any atom is 0.234 e. The highest BCUT2D eigenvalue weighted by molar-refractivity contribution is 7.16. The van der Waals surface area contributed by atoms with Gasteiger partial charge in [-0.3, -0.25) is 0 Å². The minimum Gasteiger partial charge on any atom is -0.497 e. The maximum absolute atomic E-state index is 5.75. The molecule has 116 valence electrons. The summed E-state index contributed by atoms with van der Waals surface area (Å²) in [4.78, 5) is 0.790. The molecule has 0 atom stereocenters. The third-order valence-corrected chi connectivity index (χ3v) is 4.00. The van der Waals surface area contributed by atoms with E-state index in [9.17, 15) is 0 Å². The van der Waals surface area contributed by atoms with Crippen molar-refractivity contribution < 1.29 is 9.47 Å². The molecule has 0 fully saturated rings. The van der Waals surface area contributed by atoms with Crippen molar-refractivity contribution in [1.29, 1.82) is 0 Å². The summed E-state index contributed by atoms with van der Waals surface area (Å²) in [5.41, 5.74) is -0.0956. The lowest BCUT2D eigenvalue weighted by atomic mass is 9.96. The second-order valence-corrected chi connectivity index (χ2v) is 6.97. The number of hydrogen-bond acceptors (Lipinski definition) is 6. The molecule has 0 aliphatic rings. The highest BCUT2D eigenvalue weighted by Gasteiger charge is 2.23. The van der Waals surface area contributed by atoms with Gasteiger partial charge in [0.1, 0.15) is 18.1 Å². The van der Waals surface area contributed by atoms with E-state index in [1.165, 1.54) is 11.3 Å². The smallest absolute Gasteiger partial charge is 0.234 e. The lowest BCUT2D eigenvalue weighted by Gasteiger charge is -2.13. The molecule has 7 heteroatoms. The summed E-state index contributed by atoms with van der Waals surface area (Å²) in [5, 5.41) is 13.8. The standard InChI is InChI=1S/C15H18N4O2S/c1-15(2,3)13-16-17-14-19(13)18-12(22-14)9-21-11-7-5-10(20-4)6-8-11/h5-8H,9H2,1-4H3. The lowest BCUT2D eigenvalue weighted by molar-refractivity contribution is 0.303. The topological polar surface area (TPSA) is 61.5 Å². The highest BCUT2D eigenvalue weighted by atomic mass is 32.1. The molecular formula is C15H18N4O2S. The molecule has 3 aromatic rings. The number of fused-ring (bicyclic) bond motifs is 1. The molecule has 0 saturated carbocycles. The van der Waals surface area contributed by atoms with Crippen LogP contribution in [0.2, 0.25) is 0 Å². The van der Waals surface area contributed by atoms with E-state index in [1.807, 2.05) is 24.3 Å². The van der Waals surface area contributed by atoms with Crippen molar-refractivity contribution in [1.82, 2.24) is 19.8 Å². The second-order valence-electron chi connectivity index (χ2n) is 5.93. The molecule has 0 aliphatic carbocycles. The summed E-state index contributed by atoms with van der Waals surface area (Å²) >= 11 is 1.49. The second kappa shape index (κ2) is 5.57. The van der Waals surface area contributed by atoms with Crippen LogP contribution in [0.15, 0.2) is 24.3 Å². The molecule has 22 heavy (non-hydrogen) atoms. The van der Waals surface area contributed by atoms with E-state index >= 15 is 0 Å². The predicted molar refractivity (Wildman–Crippen MR) is 84.7 cm³/mol. The largest absolute Gasteiger partial charge is 0.497 e. The monoisotopic (exact) mass is 318 g/mol. The van der Waals surface area contributed by atoms with E-state index < -0.39 is 0 Å². The van der Waals surface area contributed by atoms with Gasteiger partial charge in [0.05, 0.1) is 7.11 Å². The number of hydrogen-bond donors (Lipinski definition) is 0. The molecule has 0 spiro atoms. The molecule has 6 nitrogen and oxygen atoms in total. The lowest BCUT2D eigenvalue weighted by Crippen LogP contribution is -2.16. The predicted octanol–water partition coefficient (Wildman–Crippen LogP) is 3.07. The van der Waals surface area contributed by atoms with Gasteiger partial charge in [-0.25, -0.2) is 0 Å². The van der Waals surface area contributed by atoms with Gasteiger partial charge in [-0.15, -0.1) is 10.2 Å². The number of methoxy groups -OCH3 is 1. The van der Waals surface area contributed by atoms with Gasteiger partial charge in [-0.2, -0.15) is 9.61 Å². The first kappa shape index (κ1) is 14.8. The van der Waals surface area contributed by atoms with Crippen molar-refractivity contribution in [3.63, 3.8) is 0 Å². The van der Waals surface area contributed by atoms with E-state index in [2.05, 4.69) is 36.1 Å². The fourth-order valence-electron chi connectivity index (χ4n) is 2.00. The first-order chi connectivity index (χ1) is 10.5. The molecule has 0 amide bonds. The normalized spacial score (nSPS) is 11.8. The van der Waals surface area contributed by atoms with Gasteiger partial charge >= 0.3 is 0 Å². The molecule has 0 saturated heterocycles. The van der Waals surface area contributed by atoms with Gasteiger partial charge in [0.2, 0.25) is 4.96 Å². The molecule has 0 unspecified atom stereocenters. The van der Waals surface area contributed by atoms with Crippen molar-refractivity contribution in [2.75, 3.05) is 7.11 Å². The quantitative estimate of drug-likeness (QED) is 0.740. The van der Waals surface area contributed by atoms with Crippen molar-refractivity contribution in [3.8, 4) is 11.5 Å². The third kappa shape index (κ3) is 2.89. The third-order valence-electron chi connectivity index (χ3n) is 3.13. The van der Waals surface area contributed by atoms with Gasteiger partial charge in [-0.05, 0) is 24.3 Å². The Labute approximate surface area is 132 Å². The van der Waals surface area contributed by atoms with Crippen LogP contribution in [0.25, 0.3) is 4.96 Å². The van der Waals surface area contributed by atoms with Gasteiger partial charge in [0.15, 0.2) is 10.8 Å². The number of aromatic nitrogens is 4. The van der Waals surface area contributed by atoms with Crippen LogP contribution in [-0.2, 0) is 12.0 Å². The van der Waals surface area contributed by atoms with Crippen LogP contribution in [0.3, 0.4) is 0 Å². The number of rotatable bonds is 4. The molecule has 2 heterocycles. The van der Waals surface area contributed by atoms with Gasteiger partial charge in [0.25, 0.3) is 0 Å². The van der Waals surface area contributed by atoms with E-state index in [1.54, 1.807) is 11.6 Å². The summed E-state index contributed by atoms with van der Waals surface area (Å²) in [6, 6.07) is 7.48. The van der Waals surface area contributed by atoms with E-state index in [4.69, 9.17) is 9.47 Å². The Balaban J connectivity index is 1.75. The Kier molecular flexibility index (Phi) is 3.74. The summed E-state index contributed by atoms with van der Waals surface area (Å²) in [7, 11) is 1.64. The van der Waals surface area contributed by atoms with Crippen molar-refractivity contribution in [3.05, 3.63) is 35.1 Å². The van der Waals surface area contributed by atoms with Crippen LogP contribution >= 0.6 is 11.3 Å². The number of nitrogens with zero attached hydrogens (tertiary/aromatic N) is 4. The Hall–Kier alpha value is -2.15. The summed E-state index contributed by atoms with van der Waals surface area (Å²) in [6.45, 7) is 6.69. The fourth-order valence-corrected chi connectivity index (χ4v) is 2.75. The Morgan fingerprint density at radius 2 is 1.77 bits per heavy atom. The first-order valence-corrected chi connectivity index (χ1v) is 7.77. The highest BCUT2D eigenvalue weighted by Crippen LogP contribution is 2.24. The van der Waals surface area contributed by atoms with Crippen molar-refractivity contribution >= 4 is 16.3 Å². The maximum atomic E-state index is 5.75. The van der Waals surface area contributed by atoms with Crippen LogP contribution in [0.1, 0.15) is 31.6 Å². The SMILES string of the molecule is COc1ccc(OCc2nn3c(C(C)(C)C)nnc3s2)cc1. The van der Waals surface area contributed by atoms with Crippen molar-refractivity contribution in [2.24, 2.45) is 0 Å². The molecule has 2 aromatic heterocycles. The molecule has 1 aromatic carbocycles. The average molecular weight is 318 g/mol. The van der Waals surface area contributed by atoms with Crippen molar-refractivity contribution in [2.45, 2.75) is 32.8 Å². The zero-order chi connectivity index (χ0) is 15.7. The zero-order valence-electron chi connectivity index (χ0n) is 13.0. The Morgan fingerprint density at radius 1 is 1.09 bits per heavy atom. The number of ether oxygens (including phenoxy) is 2. The van der Waals surface area contributed by atoms with Gasteiger partial charge in [-0.1, -0.05) is 32.1 Å². The van der Waals surface area contributed by atoms with Gasteiger partial charge < -0.3 is 9.47 Å². The fraction of sp³-hybridized carbons (Fsp3) is 0.400. The molecule has 0 bridgehead atoms. The molecule has 0 radical (unpaired) electrons. The van der Waals surface area contributed by atoms with E-state index in [0.29, 0.717) is 6.61 Å². The van der Waals surface area contributed by atoms with Crippen LogP contribution in [-0.4, -0.2) is 26.9 Å². The average Bonchev–Trinajstić information content (AvgIpc) is 3.04. The van der Waals surface area contributed by atoms with Crippen LogP contribution in [0.5, 0.6) is 11.5 Å². The minimum absolute atomic E-state index is 0.0956. The number of benzene rings is 1. The zero-order valence-corrected chi connectivity index (χ0v) is 13.8. The summed E-state index contributed by atoms with van der Waals surface area (Å²) in [5.74, 6) is 2.44. The van der Waals surface area contributed by atoms with Gasteiger partial charge in [0, 0.05) is 5.41 Å². The van der Waals surface area contributed by atoms with E-state index in [-0.39, 0.29) is 5.41 Å². The summed E-state index contributed by atoms with van der Waals surface area (Å²) in [6.07, 6.45) is 0. The molecular weight excluding hydrogens is 300 g/mol. The molecule has 3 rings (SSSR count). The first-order valence-electron chi connectivity index (χ1n) is 6.96.